The highest BCUT2D eigenvalue weighted by atomic mass is 33.1. The Bertz CT molecular complexity index is 315. The maximum absolute atomic E-state index is 6.62. The minimum atomic E-state index is -0.933. The zero-order valence-electron chi connectivity index (χ0n) is 20.6. The molecule has 0 spiro atoms. The molecule has 0 bridgehead atoms. The summed E-state index contributed by atoms with van der Waals surface area (Å²) in [5, 5.41) is 4.32. The summed E-state index contributed by atoms with van der Waals surface area (Å²) in [6.45, 7) is 10.2. The highest BCUT2D eigenvalue weighted by Crippen LogP contribution is 2.45. The minimum absolute atomic E-state index is 0.433. The minimum Gasteiger partial charge on any atom is -0.396 e. The van der Waals surface area contributed by atoms with Crippen molar-refractivity contribution in [1.29, 1.82) is 1.43 Å². The Morgan fingerprint density at radius 1 is 0.963 bits per heavy atom. The number of rotatable bonds is 20. The SMILES string of the molecule is [2H]OCCCCCCSSCCCCCCOP(OC)N(C(C)C)C(C)C.[3H]C. The molecule has 0 saturated heterocycles. The molecule has 0 aliphatic rings. The van der Waals surface area contributed by atoms with E-state index in [9.17, 15) is 0 Å². The number of unbranched alkanes of at least 4 members (excludes halogenated alkanes) is 6. The van der Waals surface area contributed by atoms with Crippen LogP contribution in [0, 0.1) is 0 Å². The third kappa shape index (κ3) is 17.5. The highest BCUT2D eigenvalue weighted by molar-refractivity contribution is 8.76. The lowest BCUT2D eigenvalue weighted by atomic mass is 10.2. The molecular formula is C20H46NO3PS2. The van der Waals surface area contributed by atoms with Crippen LogP contribution in [0.2, 0.25) is 0 Å². The molecule has 166 valence electrons. The molecule has 0 heterocycles. The normalized spacial score (nSPS) is 13.5. The van der Waals surface area contributed by atoms with Crippen LogP contribution in [-0.2, 0) is 9.05 Å². The molecule has 0 amide bonds. The van der Waals surface area contributed by atoms with E-state index in [0.717, 1.165) is 19.4 Å². The summed E-state index contributed by atoms with van der Waals surface area (Å²) < 4.78 is 26.3. The van der Waals surface area contributed by atoms with Gasteiger partial charge in [0.25, 0.3) is 8.53 Å². The first kappa shape index (κ1) is 26.0. The van der Waals surface area contributed by atoms with Crippen LogP contribution >= 0.6 is 30.1 Å². The number of hydrogen-bond donors (Lipinski definition) is 1. The van der Waals surface area contributed by atoms with Gasteiger partial charge in [-0.3, -0.25) is 0 Å². The van der Waals surface area contributed by atoms with Gasteiger partial charge in [-0.2, -0.15) is 0 Å². The van der Waals surface area contributed by atoms with Gasteiger partial charge in [0.2, 0.25) is 1.43 Å². The fourth-order valence-electron chi connectivity index (χ4n) is 2.68. The Labute approximate surface area is 182 Å². The van der Waals surface area contributed by atoms with E-state index in [1.807, 2.05) is 21.6 Å². The van der Waals surface area contributed by atoms with Crippen molar-refractivity contribution in [3.05, 3.63) is 0 Å². The van der Waals surface area contributed by atoms with E-state index in [1.54, 1.807) is 7.11 Å². The van der Waals surface area contributed by atoms with Crippen molar-refractivity contribution in [1.82, 2.24) is 4.67 Å². The number of aliphatic hydroxyl groups is 1. The predicted octanol–water partition coefficient (Wildman–Crippen LogP) is 7.13. The molecule has 0 aliphatic carbocycles. The lowest BCUT2D eigenvalue weighted by Crippen LogP contribution is -2.33. The Balaban J connectivity index is 0. The third-order valence-electron chi connectivity index (χ3n) is 3.93. The topological polar surface area (TPSA) is 41.9 Å². The quantitative estimate of drug-likeness (QED) is 0.122. The molecule has 4 nitrogen and oxygen atoms in total. The predicted molar refractivity (Wildman–Crippen MR) is 128 cm³/mol. The van der Waals surface area contributed by atoms with Gasteiger partial charge < -0.3 is 14.2 Å². The molecule has 7 heteroatoms. The van der Waals surface area contributed by atoms with Gasteiger partial charge in [-0.1, -0.05) is 54.7 Å². The van der Waals surface area contributed by atoms with Gasteiger partial charge in [0, 0.05) is 38.7 Å². The van der Waals surface area contributed by atoms with Gasteiger partial charge >= 0.3 is 0 Å². The average molecular weight is 447 g/mol. The smallest absolute Gasteiger partial charge is 0.258 e. The molecule has 0 saturated carbocycles. The molecular weight excluding hydrogens is 397 g/mol. The molecule has 1 N–H and O–H groups in total. The van der Waals surface area contributed by atoms with E-state index in [4.69, 9.17) is 11.8 Å². The fourth-order valence-corrected chi connectivity index (χ4v) is 6.44. The highest BCUT2D eigenvalue weighted by Gasteiger charge is 2.25. The van der Waals surface area contributed by atoms with E-state index in [-0.39, 0.29) is 0 Å². The van der Waals surface area contributed by atoms with Crippen LogP contribution in [0.15, 0.2) is 0 Å². The van der Waals surface area contributed by atoms with Crippen molar-refractivity contribution in [3.8, 4) is 0 Å². The van der Waals surface area contributed by atoms with Crippen molar-refractivity contribution >= 4 is 30.1 Å². The summed E-state index contributed by atoms with van der Waals surface area (Å²) in [5.41, 5.74) is 0. The molecule has 1 unspecified atom stereocenters. The molecule has 1 atom stereocenters. The first-order chi connectivity index (χ1) is 14.0. The lowest BCUT2D eigenvalue weighted by Gasteiger charge is -2.34. The molecule has 0 aliphatic heterocycles. The van der Waals surface area contributed by atoms with Crippen LogP contribution < -0.4 is 0 Å². The van der Waals surface area contributed by atoms with Gasteiger partial charge in [-0.15, -0.1) is 0 Å². The Kier molecular flexibility index (Phi) is 20.9. The zero-order chi connectivity index (χ0) is 22.3. The summed E-state index contributed by atoms with van der Waals surface area (Å²) in [5.74, 6) is 2.49. The fraction of sp³-hybridized carbons (Fsp3) is 1.00. The third-order valence-corrected chi connectivity index (χ3v) is 8.53. The number of hydrogen-bond acceptors (Lipinski definition) is 6. The van der Waals surface area contributed by atoms with E-state index in [2.05, 4.69) is 37.5 Å². The first-order valence-electron chi connectivity index (χ1n) is 11.5. The molecule has 0 radical (unpaired) electrons. The van der Waals surface area contributed by atoms with Gasteiger partial charge in [-0.25, -0.2) is 4.67 Å². The molecule has 0 fully saturated rings. The monoisotopic (exact) mass is 446 g/mol. The van der Waals surface area contributed by atoms with Crippen LogP contribution in [0.1, 0.15) is 87.8 Å². The zero-order valence-corrected chi connectivity index (χ0v) is 21.1. The second kappa shape index (κ2) is 21.7. The summed E-state index contributed by atoms with van der Waals surface area (Å²) in [6, 6.07) is 0.866. The Hall–Kier alpha value is 0.970. The van der Waals surface area contributed by atoms with Crippen LogP contribution in [0.4, 0.5) is 0 Å². The van der Waals surface area contributed by atoms with Crippen LogP contribution in [-0.4, -0.2) is 55.1 Å². The molecule has 27 heavy (non-hydrogen) atoms. The van der Waals surface area contributed by atoms with Crippen molar-refractivity contribution < 1.29 is 15.5 Å². The van der Waals surface area contributed by atoms with Gasteiger partial charge in [0.15, 0.2) is 0 Å². The van der Waals surface area contributed by atoms with Crippen LogP contribution in [0.5, 0.6) is 0 Å². The van der Waals surface area contributed by atoms with Gasteiger partial charge in [-0.05, 0) is 53.4 Å². The van der Waals surface area contributed by atoms with Gasteiger partial charge in [0.05, 0.1) is 6.61 Å². The Morgan fingerprint density at radius 2 is 1.48 bits per heavy atom. The van der Waals surface area contributed by atoms with E-state index in [1.165, 1.54) is 57.4 Å². The molecule has 0 rings (SSSR count). The van der Waals surface area contributed by atoms with Crippen molar-refractivity contribution in [2.24, 2.45) is 0 Å². The molecule has 0 aromatic rings. The average Bonchev–Trinajstić information content (AvgIpc) is 2.70. The summed E-state index contributed by atoms with van der Waals surface area (Å²) in [4.78, 5) is 0. The molecule has 0 aromatic carbocycles. The standard InChI is InChI=1S/C19H42NO3PS2.CH4/c1-18(2)20(19(3)4)24(22-5)23-15-11-7-9-13-17-26-25-16-12-8-6-10-14-21;/h18-19,21H,6-17H2,1-5H3;1H4/i21D;1T. The van der Waals surface area contributed by atoms with Crippen LogP contribution in [0.3, 0.4) is 0 Å². The van der Waals surface area contributed by atoms with Crippen LogP contribution in [0.25, 0.3) is 0 Å². The first-order valence-corrected chi connectivity index (χ1v) is 13.7. The van der Waals surface area contributed by atoms with E-state index >= 15 is 0 Å². The summed E-state index contributed by atoms with van der Waals surface area (Å²) in [6.07, 6.45) is 9.67. The van der Waals surface area contributed by atoms with Gasteiger partial charge in [0.1, 0.15) is 0 Å². The second-order valence-corrected chi connectivity index (χ2v) is 11.3. The lowest BCUT2D eigenvalue weighted by molar-refractivity contribution is 0.192. The largest absolute Gasteiger partial charge is 0.396 e. The number of nitrogens with zero attached hydrogens (tertiary/aromatic N) is 1. The Morgan fingerprint density at radius 3 is 1.96 bits per heavy atom. The summed E-state index contributed by atoms with van der Waals surface area (Å²) >= 11 is 0. The second-order valence-electron chi connectivity index (χ2n) is 7.00. The maximum Gasteiger partial charge on any atom is 0.258 e. The van der Waals surface area contributed by atoms with Crippen molar-refractivity contribution in [3.63, 3.8) is 0 Å². The van der Waals surface area contributed by atoms with Crippen molar-refractivity contribution in [2.45, 2.75) is 98.5 Å². The van der Waals surface area contributed by atoms with E-state index in [0.29, 0.717) is 18.7 Å². The maximum atomic E-state index is 6.62. The molecule has 0 aromatic heterocycles. The summed E-state index contributed by atoms with van der Waals surface area (Å²) in [7, 11) is 6.09. The van der Waals surface area contributed by atoms with Crippen molar-refractivity contribution in [2.75, 3.05) is 31.8 Å². The number of aliphatic hydroxyl groups excluding tert-OH is 1. The van der Waals surface area contributed by atoms with E-state index < -0.39 is 8.53 Å².